The van der Waals surface area contributed by atoms with Crippen molar-refractivity contribution in [3.05, 3.63) is 35.8 Å². The maximum Gasteiger partial charge on any atom is 0.331 e. The van der Waals surface area contributed by atoms with Crippen molar-refractivity contribution in [3.8, 4) is 0 Å². The Hall–Kier alpha value is -1.55. The van der Waals surface area contributed by atoms with Crippen LogP contribution in [0.4, 0.5) is 0 Å². The second kappa shape index (κ2) is 6.75. The molecule has 0 radical (unpaired) electrons. The van der Waals surface area contributed by atoms with E-state index in [2.05, 4.69) is 13.8 Å². The molecule has 0 aliphatic heterocycles. The molecule has 0 amide bonds. The van der Waals surface area contributed by atoms with Gasteiger partial charge >= 0.3 is 5.97 Å². The van der Waals surface area contributed by atoms with Crippen molar-refractivity contribution in [2.24, 2.45) is 29.1 Å². The van der Waals surface area contributed by atoms with Gasteiger partial charge in [-0.1, -0.05) is 19.9 Å². The summed E-state index contributed by atoms with van der Waals surface area (Å²) in [6.07, 6.45) is 9.86. The predicted molar refractivity (Wildman–Crippen MR) is 91.4 cm³/mol. The molecule has 1 aromatic heterocycles. The number of aliphatic carboxylic acids is 1. The molecule has 2 aliphatic carbocycles. The summed E-state index contributed by atoms with van der Waals surface area (Å²) >= 11 is 0. The number of fused-ring (bicyclic) bond motifs is 1. The predicted octanol–water partition coefficient (Wildman–Crippen LogP) is 3.90. The third-order valence-corrected chi connectivity index (χ3v) is 6.71. The molecule has 4 heteroatoms. The van der Waals surface area contributed by atoms with Crippen LogP contribution in [-0.4, -0.2) is 22.8 Å². The second-order valence-electron chi connectivity index (χ2n) is 7.80. The lowest BCUT2D eigenvalue weighted by Crippen LogP contribution is -2.51. The Labute approximate surface area is 143 Å². The summed E-state index contributed by atoms with van der Waals surface area (Å²) in [7, 11) is 0. The van der Waals surface area contributed by atoms with Crippen LogP contribution >= 0.6 is 0 Å². The van der Waals surface area contributed by atoms with Gasteiger partial charge in [0.15, 0.2) is 0 Å². The van der Waals surface area contributed by atoms with Gasteiger partial charge in [0.25, 0.3) is 0 Å². The minimum atomic E-state index is -0.857. The number of furan rings is 1. The van der Waals surface area contributed by atoms with Crippen LogP contribution in [0.3, 0.4) is 0 Å². The average Bonchev–Trinajstić information content (AvgIpc) is 3.08. The Kier molecular flexibility index (Phi) is 4.86. The molecular weight excluding hydrogens is 304 g/mol. The van der Waals surface area contributed by atoms with Gasteiger partial charge in [0, 0.05) is 11.0 Å². The van der Waals surface area contributed by atoms with E-state index in [-0.39, 0.29) is 12.5 Å². The number of carboxylic acids is 1. The summed E-state index contributed by atoms with van der Waals surface area (Å²) in [5, 5.41) is 20.0. The zero-order valence-electron chi connectivity index (χ0n) is 14.6. The lowest BCUT2D eigenvalue weighted by Gasteiger charge is -2.54. The number of carbonyl (C=O) groups is 1. The number of aliphatic hydroxyl groups is 1. The van der Waals surface area contributed by atoms with E-state index in [4.69, 9.17) is 4.42 Å². The minimum absolute atomic E-state index is 0.0604. The van der Waals surface area contributed by atoms with Crippen molar-refractivity contribution in [3.63, 3.8) is 0 Å². The zero-order valence-corrected chi connectivity index (χ0v) is 14.6. The van der Waals surface area contributed by atoms with Crippen LogP contribution in [0, 0.1) is 29.1 Å². The topological polar surface area (TPSA) is 70.7 Å². The van der Waals surface area contributed by atoms with Crippen LogP contribution in [0.1, 0.15) is 45.1 Å². The molecule has 1 heterocycles. The molecule has 0 bridgehead atoms. The second-order valence-corrected chi connectivity index (χ2v) is 7.80. The van der Waals surface area contributed by atoms with Crippen molar-refractivity contribution in [1.82, 2.24) is 0 Å². The molecule has 1 saturated carbocycles. The van der Waals surface area contributed by atoms with Gasteiger partial charge in [-0.05, 0) is 67.4 Å². The average molecular weight is 332 g/mol. The van der Waals surface area contributed by atoms with Crippen molar-refractivity contribution in [1.29, 1.82) is 0 Å². The maximum atomic E-state index is 11.8. The Balaban J connectivity index is 1.90. The first-order valence-electron chi connectivity index (χ1n) is 9.05. The van der Waals surface area contributed by atoms with Gasteiger partial charge in [0.2, 0.25) is 0 Å². The highest BCUT2D eigenvalue weighted by atomic mass is 16.4. The Morgan fingerprint density at radius 1 is 1.42 bits per heavy atom. The van der Waals surface area contributed by atoms with Crippen LogP contribution in [-0.2, 0) is 11.2 Å². The molecular formula is C20H28O4. The molecule has 3 rings (SSSR count). The van der Waals surface area contributed by atoms with Gasteiger partial charge < -0.3 is 14.6 Å². The van der Waals surface area contributed by atoms with E-state index in [0.717, 1.165) is 32.1 Å². The van der Waals surface area contributed by atoms with Gasteiger partial charge in [-0.15, -0.1) is 0 Å². The fourth-order valence-corrected chi connectivity index (χ4v) is 5.32. The van der Waals surface area contributed by atoms with Crippen LogP contribution < -0.4 is 0 Å². The summed E-state index contributed by atoms with van der Waals surface area (Å²) < 4.78 is 5.17. The van der Waals surface area contributed by atoms with E-state index >= 15 is 0 Å². The van der Waals surface area contributed by atoms with E-state index in [9.17, 15) is 15.0 Å². The van der Waals surface area contributed by atoms with Gasteiger partial charge in [0.05, 0.1) is 19.1 Å². The number of hydrogen-bond donors (Lipinski definition) is 2. The van der Waals surface area contributed by atoms with Gasteiger partial charge in [-0.2, -0.15) is 0 Å². The third-order valence-electron chi connectivity index (χ3n) is 6.71. The summed E-state index contributed by atoms with van der Waals surface area (Å²) in [4.78, 5) is 11.8. The van der Waals surface area contributed by atoms with Gasteiger partial charge in [-0.3, -0.25) is 0 Å². The fourth-order valence-electron chi connectivity index (χ4n) is 5.32. The number of rotatable bonds is 5. The zero-order chi connectivity index (χ0) is 17.3. The molecule has 5 atom stereocenters. The number of allylic oxidation sites excluding steroid dienone is 1. The molecule has 2 aliphatic rings. The molecule has 4 nitrogen and oxygen atoms in total. The summed E-state index contributed by atoms with van der Waals surface area (Å²) in [5.74, 6) is 0.762. The largest absolute Gasteiger partial charge is 0.478 e. The van der Waals surface area contributed by atoms with Crippen molar-refractivity contribution >= 4 is 5.97 Å². The normalized spacial score (nSPS) is 36.0. The Morgan fingerprint density at radius 3 is 2.83 bits per heavy atom. The van der Waals surface area contributed by atoms with E-state index < -0.39 is 11.4 Å². The fraction of sp³-hybridized carbons (Fsp3) is 0.650. The first-order chi connectivity index (χ1) is 11.5. The number of aliphatic hydroxyl groups excluding tert-OH is 1. The highest BCUT2D eigenvalue weighted by Gasteiger charge is 2.54. The molecule has 24 heavy (non-hydrogen) atoms. The summed E-state index contributed by atoms with van der Waals surface area (Å²) in [5.41, 5.74) is 1.07. The van der Waals surface area contributed by atoms with Gasteiger partial charge in [-0.25, -0.2) is 4.79 Å². The van der Waals surface area contributed by atoms with Crippen LogP contribution in [0.5, 0.6) is 0 Å². The smallest absolute Gasteiger partial charge is 0.331 e. The van der Waals surface area contributed by atoms with E-state index in [1.165, 1.54) is 5.56 Å². The van der Waals surface area contributed by atoms with Crippen LogP contribution in [0.15, 0.2) is 34.7 Å². The van der Waals surface area contributed by atoms with Crippen LogP contribution in [0.25, 0.3) is 0 Å². The van der Waals surface area contributed by atoms with Crippen molar-refractivity contribution in [2.45, 2.75) is 46.0 Å². The molecule has 1 aromatic rings. The van der Waals surface area contributed by atoms with Gasteiger partial charge in [0.1, 0.15) is 0 Å². The molecule has 0 spiro atoms. The standard InChI is InChI=1S/C20H28O4/c1-13-10-20(12-21)17(4-3-5-18(20)19(22)23)16(14(13)2)7-6-15-8-9-24-11-15/h5,8-9,11,13-14,16-17,21H,3-4,6-7,10,12H2,1-2H3,(H,22,23)/t13-,14?,16+,17-,20+/m1/s1. The number of hydrogen-bond acceptors (Lipinski definition) is 3. The highest BCUT2D eigenvalue weighted by molar-refractivity contribution is 5.88. The van der Waals surface area contributed by atoms with Crippen molar-refractivity contribution in [2.75, 3.05) is 6.61 Å². The number of aryl methyl sites for hydroxylation is 1. The minimum Gasteiger partial charge on any atom is -0.478 e. The lowest BCUT2D eigenvalue weighted by molar-refractivity contribution is -0.138. The van der Waals surface area contributed by atoms with E-state index in [1.807, 2.05) is 12.1 Å². The first kappa shape index (κ1) is 17.3. The highest BCUT2D eigenvalue weighted by Crippen LogP contribution is 2.57. The maximum absolute atomic E-state index is 11.8. The SMILES string of the molecule is CC1[C@H](C)C[C@@]2(CO)C(C(=O)O)=CCC[C@@H]2[C@H]1CCc1ccoc1. The van der Waals surface area contributed by atoms with Crippen LogP contribution in [0.2, 0.25) is 0 Å². The van der Waals surface area contributed by atoms with E-state index in [1.54, 1.807) is 12.5 Å². The number of carboxylic acid groups (broad SMARTS) is 1. The molecule has 1 fully saturated rings. The quantitative estimate of drug-likeness (QED) is 0.858. The summed E-state index contributed by atoms with van der Waals surface area (Å²) in [6.45, 7) is 4.44. The third kappa shape index (κ3) is 2.81. The lowest BCUT2D eigenvalue weighted by atomic mass is 9.50. The van der Waals surface area contributed by atoms with Crippen molar-refractivity contribution < 1.29 is 19.4 Å². The Morgan fingerprint density at radius 2 is 2.21 bits per heavy atom. The molecule has 0 saturated heterocycles. The molecule has 132 valence electrons. The Bertz CT molecular complexity index is 603. The monoisotopic (exact) mass is 332 g/mol. The van der Waals surface area contributed by atoms with E-state index in [0.29, 0.717) is 23.3 Å². The molecule has 2 N–H and O–H groups in total. The molecule has 0 aromatic carbocycles. The molecule has 1 unspecified atom stereocenters. The summed E-state index contributed by atoms with van der Waals surface area (Å²) in [6, 6.07) is 2.00. The first-order valence-corrected chi connectivity index (χ1v) is 9.05.